The summed E-state index contributed by atoms with van der Waals surface area (Å²) in [6, 6.07) is 0. The van der Waals surface area contributed by atoms with E-state index in [0.717, 1.165) is 38.5 Å². The maximum atomic E-state index is 11.4. The molecule has 1 N–H and O–H groups in total. The Morgan fingerprint density at radius 1 is 0.704 bits per heavy atom. The van der Waals surface area contributed by atoms with Crippen LogP contribution in [0.1, 0.15) is 123 Å². The van der Waals surface area contributed by atoms with Gasteiger partial charge in [0.2, 0.25) is 0 Å². The normalized spacial score (nSPS) is 13.9. The van der Waals surface area contributed by atoms with Crippen LogP contribution in [0.5, 0.6) is 0 Å². The maximum Gasteiger partial charge on any atom is 1.00 e. The van der Waals surface area contributed by atoms with Crippen molar-refractivity contribution >= 4 is 10.1 Å². The van der Waals surface area contributed by atoms with Crippen molar-refractivity contribution in [2.45, 2.75) is 134 Å². The molecular weight excluding hydrogens is 387 g/mol. The Kier molecular flexibility index (Phi) is 23.6. The van der Waals surface area contributed by atoms with Crippen molar-refractivity contribution in [2.24, 2.45) is 0 Å². The van der Waals surface area contributed by atoms with E-state index in [2.05, 4.69) is 13.8 Å². The van der Waals surface area contributed by atoms with Crippen molar-refractivity contribution in [3.63, 3.8) is 0 Å². The number of rotatable bonds is 19. The first kappa shape index (κ1) is 30.7. The third kappa shape index (κ3) is 20.6. The molecule has 6 heteroatoms. The minimum atomic E-state index is -4.31. The van der Waals surface area contributed by atoms with Gasteiger partial charge in [-0.25, -0.2) is 8.42 Å². The number of hydrogen-bond acceptors (Lipinski definition) is 4. The van der Waals surface area contributed by atoms with E-state index in [-0.39, 0.29) is 57.8 Å². The molecule has 0 heterocycles. The summed E-state index contributed by atoms with van der Waals surface area (Å²) in [5, 5.41) is 9.19. The summed E-state index contributed by atoms with van der Waals surface area (Å²) in [6.07, 6.45) is 16.7. The summed E-state index contributed by atoms with van der Waals surface area (Å²) in [6.45, 7) is 4.33. The topological polar surface area (TPSA) is 77.4 Å². The fourth-order valence-corrected chi connectivity index (χ4v) is 4.38. The molecule has 0 aliphatic heterocycles. The summed E-state index contributed by atoms with van der Waals surface area (Å²) in [4.78, 5) is 0. The quantitative estimate of drug-likeness (QED) is 0.194. The van der Waals surface area contributed by atoms with Crippen LogP contribution in [0.15, 0.2) is 0 Å². The first-order valence-electron chi connectivity index (χ1n) is 11.0. The Morgan fingerprint density at radius 3 is 1.52 bits per heavy atom. The van der Waals surface area contributed by atoms with Crippen LogP contribution in [0.4, 0.5) is 0 Å². The van der Waals surface area contributed by atoms with E-state index in [1.165, 1.54) is 51.4 Å². The Balaban J connectivity index is 0. The van der Waals surface area contributed by atoms with Gasteiger partial charge in [0.15, 0.2) is 0 Å². The predicted molar refractivity (Wildman–Crippen MR) is 109 cm³/mol. The Hall–Kier alpha value is 1.51. The Morgan fingerprint density at radius 2 is 1.07 bits per heavy atom. The van der Waals surface area contributed by atoms with Gasteiger partial charge in [-0.2, -0.15) is 0 Å². The Bertz CT molecular complexity index is 401. The third-order valence-corrected chi connectivity index (χ3v) is 6.46. The van der Waals surface area contributed by atoms with Crippen LogP contribution in [0, 0.1) is 0 Å². The number of aliphatic hydroxyl groups is 1. The van der Waals surface area contributed by atoms with Gasteiger partial charge >= 0.3 is 51.4 Å². The zero-order valence-corrected chi connectivity index (χ0v) is 22.2. The van der Waals surface area contributed by atoms with E-state index in [4.69, 9.17) is 0 Å². The molecule has 0 aliphatic carbocycles. The molecule has 0 fully saturated rings. The summed E-state index contributed by atoms with van der Waals surface area (Å²) in [5.41, 5.74) is 0. The van der Waals surface area contributed by atoms with E-state index in [1.54, 1.807) is 0 Å². The van der Waals surface area contributed by atoms with Crippen LogP contribution < -0.4 is 51.4 Å². The van der Waals surface area contributed by atoms with Gasteiger partial charge < -0.3 is 9.66 Å². The summed E-state index contributed by atoms with van der Waals surface area (Å²) in [5.74, 6) is 0. The van der Waals surface area contributed by atoms with Gasteiger partial charge in [-0.15, -0.1) is 0 Å². The van der Waals surface area contributed by atoms with E-state index >= 15 is 0 Å². The van der Waals surface area contributed by atoms with Crippen molar-refractivity contribution in [3.05, 3.63) is 0 Å². The van der Waals surface area contributed by atoms with Gasteiger partial charge in [0.05, 0.1) is 21.5 Å². The first-order chi connectivity index (χ1) is 12.4. The maximum absolute atomic E-state index is 11.4. The molecule has 0 aliphatic rings. The van der Waals surface area contributed by atoms with Gasteiger partial charge in [-0.05, 0) is 19.3 Å². The summed E-state index contributed by atoms with van der Waals surface area (Å²) >= 11 is 0. The van der Waals surface area contributed by atoms with E-state index in [0.29, 0.717) is 12.8 Å². The molecule has 0 amide bonds. The van der Waals surface area contributed by atoms with Crippen LogP contribution in [0.25, 0.3) is 0 Å². The zero-order chi connectivity index (χ0) is 19.7. The van der Waals surface area contributed by atoms with E-state index < -0.39 is 21.5 Å². The Labute approximate surface area is 211 Å². The largest absolute Gasteiger partial charge is 1.00 e. The van der Waals surface area contributed by atoms with Crippen molar-refractivity contribution in [1.29, 1.82) is 0 Å². The monoisotopic (exact) mass is 430 g/mol. The molecule has 2 unspecified atom stereocenters. The molecule has 0 bridgehead atoms. The second kappa shape index (κ2) is 20.8. The van der Waals surface area contributed by atoms with Crippen LogP contribution in [0.3, 0.4) is 0 Å². The fraction of sp³-hybridized carbons (Fsp3) is 1.00. The minimum Gasteiger partial charge on any atom is -0.748 e. The van der Waals surface area contributed by atoms with E-state index in [9.17, 15) is 18.1 Å². The molecule has 0 aromatic carbocycles. The summed E-state index contributed by atoms with van der Waals surface area (Å²) < 4.78 is 34.2. The number of unbranched alkanes of at least 4 members (excludes halogenated alkanes) is 12. The molecule has 0 aromatic heterocycles. The molecule has 0 spiro atoms. The summed E-state index contributed by atoms with van der Waals surface area (Å²) in [7, 11) is -4.31. The van der Waals surface area contributed by atoms with Gasteiger partial charge in [-0.1, -0.05) is 104 Å². The second-order valence-corrected chi connectivity index (χ2v) is 9.48. The molecule has 2 atom stereocenters. The molecule has 27 heavy (non-hydrogen) atoms. The average molecular weight is 431 g/mol. The molecule has 4 nitrogen and oxygen atoms in total. The predicted octanol–water partition coefficient (Wildman–Crippen LogP) is 2.94. The number of aliphatic hydroxyl groups excluding tert-OH is 1. The molecule has 0 aromatic rings. The SMILES string of the molecule is CCCCCCCCCCCCC(O)CC(CCCCCC)S(=O)(=O)[O-].[K+]. The molecular formula is C21H43KO4S. The smallest absolute Gasteiger partial charge is 0.748 e. The molecule has 0 radical (unpaired) electrons. The third-order valence-electron chi connectivity index (χ3n) is 5.21. The van der Waals surface area contributed by atoms with Crippen molar-refractivity contribution in [1.82, 2.24) is 0 Å². The number of hydrogen-bond donors (Lipinski definition) is 1. The van der Waals surface area contributed by atoms with Crippen molar-refractivity contribution in [3.8, 4) is 0 Å². The zero-order valence-electron chi connectivity index (χ0n) is 18.3. The van der Waals surface area contributed by atoms with Gasteiger partial charge in [0.25, 0.3) is 0 Å². The first-order valence-corrected chi connectivity index (χ1v) is 12.5. The van der Waals surface area contributed by atoms with Crippen molar-refractivity contribution in [2.75, 3.05) is 0 Å². The fourth-order valence-electron chi connectivity index (χ4n) is 3.47. The van der Waals surface area contributed by atoms with Crippen LogP contribution in [0.2, 0.25) is 0 Å². The average Bonchev–Trinajstić information content (AvgIpc) is 2.58. The van der Waals surface area contributed by atoms with Crippen molar-refractivity contribution < 1.29 is 69.5 Å². The second-order valence-electron chi connectivity index (χ2n) is 7.82. The van der Waals surface area contributed by atoms with Crippen LogP contribution in [-0.4, -0.2) is 29.4 Å². The van der Waals surface area contributed by atoms with Gasteiger partial charge in [0.1, 0.15) is 0 Å². The minimum absolute atomic E-state index is 0. The van der Waals surface area contributed by atoms with Gasteiger partial charge in [-0.3, -0.25) is 0 Å². The van der Waals surface area contributed by atoms with E-state index in [1.807, 2.05) is 0 Å². The molecule has 158 valence electrons. The molecule has 0 saturated heterocycles. The molecule has 0 rings (SSSR count). The van der Waals surface area contributed by atoms with Crippen LogP contribution >= 0.6 is 0 Å². The molecule has 0 saturated carbocycles. The van der Waals surface area contributed by atoms with Gasteiger partial charge in [0, 0.05) is 0 Å². The standard InChI is InChI=1S/C21H44O4S.K/c1-3-5-7-9-10-11-12-13-14-15-17-20(22)19-21(26(23,24)25)18-16-8-6-4-2;/h20-22H,3-19H2,1-2H3,(H,23,24,25);/q;+1/p-1. The van der Waals surface area contributed by atoms with Crippen LogP contribution in [-0.2, 0) is 10.1 Å².